The van der Waals surface area contributed by atoms with Crippen molar-refractivity contribution in [3.8, 4) is 0 Å². The van der Waals surface area contributed by atoms with Crippen molar-refractivity contribution in [1.29, 1.82) is 0 Å². The lowest BCUT2D eigenvalue weighted by Gasteiger charge is -2.09. The van der Waals surface area contributed by atoms with Crippen LogP contribution in [-0.4, -0.2) is 12.1 Å². The van der Waals surface area contributed by atoms with E-state index in [1.165, 1.54) is 17.6 Å². The van der Waals surface area contributed by atoms with Gasteiger partial charge in [0.1, 0.15) is 0 Å². The number of nitrogens with zero attached hydrogens (tertiary/aromatic N) is 1. The first-order valence-corrected chi connectivity index (χ1v) is 3.54. The van der Waals surface area contributed by atoms with Crippen molar-refractivity contribution in [2.45, 2.75) is 6.92 Å². The number of rotatable bonds is 0. The van der Waals surface area contributed by atoms with Gasteiger partial charge in [0.15, 0.2) is 0 Å². The third-order valence-corrected chi connectivity index (χ3v) is 2.54. The molecule has 0 aromatic heterocycles. The van der Waals surface area contributed by atoms with E-state index >= 15 is 0 Å². The van der Waals surface area contributed by atoms with Crippen molar-refractivity contribution in [3.63, 3.8) is 0 Å². The molecule has 0 aromatic rings. The summed E-state index contributed by atoms with van der Waals surface area (Å²) in [5.41, 5.74) is 1.18. The molecule has 0 saturated carbocycles. The predicted octanol–water partition coefficient (Wildman–Crippen LogP) is 1.20. The van der Waals surface area contributed by atoms with Crippen LogP contribution < -0.4 is 4.83 Å². The third-order valence-electron chi connectivity index (χ3n) is 1.09. The summed E-state index contributed by atoms with van der Waals surface area (Å²) in [7, 11) is 1.96. The van der Waals surface area contributed by atoms with E-state index in [0.717, 1.165) is 4.24 Å². The first-order valence-electron chi connectivity index (χ1n) is 2.28. The summed E-state index contributed by atoms with van der Waals surface area (Å²) in [6.45, 7) is 2.02. The Hall–Kier alpha value is 0.200. The summed E-state index contributed by atoms with van der Waals surface area (Å²) in [6, 6.07) is 0. The monoisotopic (exact) mass is 148 g/mol. The fourth-order valence-corrected chi connectivity index (χ4v) is 1.31. The molecule has 0 atom stereocenters. The molecule has 1 N–H and O–H groups in total. The minimum absolute atomic E-state index is 1.05. The van der Waals surface area contributed by atoms with E-state index in [9.17, 15) is 0 Å². The normalized spacial score (nSPS) is 20.6. The summed E-state index contributed by atoms with van der Waals surface area (Å²) < 4.78 is 1.05. The van der Waals surface area contributed by atoms with Gasteiger partial charge in [0.25, 0.3) is 0 Å². The number of hydrazine groups is 1. The lowest BCUT2D eigenvalue weighted by atomic mass is 10.6. The van der Waals surface area contributed by atoms with Crippen LogP contribution in [-0.2, 0) is 0 Å². The van der Waals surface area contributed by atoms with Gasteiger partial charge in [-0.05, 0) is 18.9 Å². The fraction of sp³-hybridized carbons (Fsp3) is 0.500. The van der Waals surface area contributed by atoms with E-state index in [1.54, 1.807) is 0 Å². The van der Waals surface area contributed by atoms with E-state index in [4.69, 9.17) is 0 Å². The van der Waals surface area contributed by atoms with Crippen molar-refractivity contribution < 1.29 is 0 Å². The molecule has 0 aliphatic carbocycles. The molecule has 1 heterocycles. The molecule has 0 bridgehead atoms. The van der Waals surface area contributed by atoms with Crippen molar-refractivity contribution in [1.82, 2.24) is 9.84 Å². The highest BCUT2D eigenvalue weighted by atomic mass is 32.2. The fourth-order valence-electron chi connectivity index (χ4n) is 0.397. The van der Waals surface area contributed by atoms with Crippen molar-refractivity contribution >= 4 is 24.6 Å². The van der Waals surface area contributed by atoms with Crippen LogP contribution in [0, 0.1) is 0 Å². The molecule has 46 valence electrons. The Morgan fingerprint density at radius 2 is 2.38 bits per heavy atom. The first-order chi connectivity index (χ1) is 3.72. The van der Waals surface area contributed by atoms with Crippen LogP contribution in [0.4, 0.5) is 0 Å². The smallest absolute Gasteiger partial charge is 0.0745 e. The first kappa shape index (κ1) is 6.32. The van der Waals surface area contributed by atoms with E-state index in [1.807, 2.05) is 19.0 Å². The van der Waals surface area contributed by atoms with Crippen LogP contribution in [0.2, 0.25) is 0 Å². The maximum atomic E-state index is 4.19. The van der Waals surface area contributed by atoms with Crippen molar-refractivity contribution in [3.05, 3.63) is 9.93 Å². The van der Waals surface area contributed by atoms with Crippen LogP contribution in [0.3, 0.4) is 0 Å². The van der Waals surface area contributed by atoms with Crippen LogP contribution in [0.15, 0.2) is 9.93 Å². The molecule has 8 heavy (non-hydrogen) atoms. The molecule has 1 aliphatic heterocycles. The Morgan fingerprint density at radius 1 is 1.75 bits per heavy atom. The van der Waals surface area contributed by atoms with Gasteiger partial charge in [-0.3, -0.25) is 0 Å². The zero-order chi connectivity index (χ0) is 6.15. The zero-order valence-corrected chi connectivity index (χ0v) is 6.51. The molecule has 0 fully saturated rings. The summed E-state index contributed by atoms with van der Waals surface area (Å²) in [5.74, 6) is 0. The number of allylic oxidation sites excluding steroid dienone is 1. The van der Waals surface area contributed by atoms with Gasteiger partial charge < -0.3 is 5.01 Å². The van der Waals surface area contributed by atoms with Crippen LogP contribution in [0.25, 0.3) is 0 Å². The standard InChI is InChI=1S/C4H8N2S2/c1-3-4(7)8-5-6(3)2/h5,7H,1-2H3. The highest BCUT2D eigenvalue weighted by molar-refractivity contribution is 8.14. The highest BCUT2D eigenvalue weighted by Gasteiger charge is 2.11. The van der Waals surface area contributed by atoms with Crippen LogP contribution >= 0.6 is 24.6 Å². The Kier molecular flexibility index (Phi) is 1.74. The number of hydrogen-bond donors (Lipinski definition) is 2. The van der Waals surface area contributed by atoms with Gasteiger partial charge >= 0.3 is 0 Å². The van der Waals surface area contributed by atoms with Crippen LogP contribution in [0.5, 0.6) is 0 Å². The lowest BCUT2D eigenvalue weighted by Crippen LogP contribution is -2.21. The molecular weight excluding hydrogens is 140 g/mol. The SMILES string of the molecule is CC1=C(S)SNN1C. The Labute approximate surface area is 58.8 Å². The van der Waals surface area contributed by atoms with Gasteiger partial charge in [0.05, 0.1) is 4.24 Å². The largest absolute Gasteiger partial charge is 0.304 e. The number of thiol groups is 1. The molecule has 0 saturated heterocycles. The molecule has 1 aliphatic rings. The topological polar surface area (TPSA) is 15.3 Å². The van der Waals surface area contributed by atoms with Crippen LogP contribution in [0.1, 0.15) is 6.92 Å². The summed E-state index contributed by atoms with van der Waals surface area (Å²) in [4.78, 5) is 3.02. The zero-order valence-electron chi connectivity index (χ0n) is 4.80. The van der Waals surface area contributed by atoms with E-state index in [2.05, 4.69) is 17.5 Å². The molecule has 0 radical (unpaired) electrons. The van der Waals surface area contributed by atoms with Gasteiger partial charge in [-0.15, -0.1) is 12.6 Å². The second-order valence-electron chi connectivity index (χ2n) is 1.64. The summed E-state index contributed by atoms with van der Waals surface area (Å²) in [6.07, 6.45) is 0. The minimum Gasteiger partial charge on any atom is -0.304 e. The number of nitrogens with one attached hydrogen (secondary N) is 1. The van der Waals surface area contributed by atoms with E-state index in [0.29, 0.717) is 0 Å². The van der Waals surface area contributed by atoms with Crippen molar-refractivity contribution in [2.75, 3.05) is 7.05 Å². The van der Waals surface area contributed by atoms with Gasteiger partial charge in [-0.25, -0.2) is 0 Å². The second kappa shape index (κ2) is 2.21. The van der Waals surface area contributed by atoms with Gasteiger partial charge in [-0.2, -0.15) is 4.83 Å². The van der Waals surface area contributed by atoms with Gasteiger partial charge in [-0.1, -0.05) is 0 Å². The number of hydrogen-bond acceptors (Lipinski definition) is 4. The average molecular weight is 148 g/mol. The van der Waals surface area contributed by atoms with Gasteiger partial charge in [0, 0.05) is 12.7 Å². The maximum Gasteiger partial charge on any atom is 0.0745 e. The summed E-state index contributed by atoms with van der Waals surface area (Å²) >= 11 is 5.72. The Balaban J connectivity index is 2.71. The highest BCUT2D eigenvalue weighted by Crippen LogP contribution is 2.27. The molecule has 0 aromatic carbocycles. The minimum atomic E-state index is 1.05. The van der Waals surface area contributed by atoms with E-state index < -0.39 is 0 Å². The molecular formula is C4H8N2S2. The molecule has 1 rings (SSSR count). The summed E-state index contributed by atoms with van der Waals surface area (Å²) in [5, 5.41) is 1.94. The van der Waals surface area contributed by atoms with Gasteiger partial charge in [0.2, 0.25) is 0 Å². The molecule has 4 heteroatoms. The van der Waals surface area contributed by atoms with E-state index in [-0.39, 0.29) is 0 Å². The average Bonchev–Trinajstić information content (AvgIpc) is 1.98. The van der Waals surface area contributed by atoms with Crippen molar-refractivity contribution in [2.24, 2.45) is 0 Å². The maximum absolute atomic E-state index is 4.19. The molecule has 0 unspecified atom stereocenters. The lowest BCUT2D eigenvalue weighted by molar-refractivity contribution is 0.407. The second-order valence-corrected chi connectivity index (χ2v) is 3.19. The third kappa shape index (κ3) is 0.962. The molecule has 2 nitrogen and oxygen atoms in total. The Bertz CT molecular complexity index is 132. The molecule has 0 amide bonds. The predicted molar refractivity (Wildman–Crippen MR) is 40.2 cm³/mol. The molecule has 0 spiro atoms. The quantitative estimate of drug-likeness (QED) is 0.397. The Morgan fingerprint density at radius 3 is 2.50 bits per heavy atom.